The maximum Gasteiger partial charge on any atom is 0.278 e. The zero-order chi connectivity index (χ0) is 43.4. The lowest BCUT2D eigenvalue weighted by molar-refractivity contribution is -0.164. The average molecular weight is 846 g/mol. The van der Waals surface area contributed by atoms with E-state index in [0.717, 1.165) is 15.3 Å². The number of amides is 4. The van der Waals surface area contributed by atoms with E-state index in [4.69, 9.17) is 22.1 Å². The predicted molar refractivity (Wildman–Crippen MR) is 223 cm³/mol. The summed E-state index contributed by atoms with van der Waals surface area (Å²) in [4.78, 5) is 69.0. The van der Waals surface area contributed by atoms with Crippen LogP contribution >= 0.6 is 11.6 Å². The van der Waals surface area contributed by atoms with Crippen LogP contribution in [-0.4, -0.2) is 83.8 Å². The smallest absolute Gasteiger partial charge is 0.278 e. The van der Waals surface area contributed by atoms with Crippen molar-refractivity contribution in [1.29, 1.82) is 5.26 Å². The monoisotopic (exact) mass is 845 g/mol. The number of hydrogen-bond acceptors (Lipinski definition) is 12. The van der Waals surface area contributed by atoms with Gasteiger partial charge in [0.15, 0.2) is 0 Å². The Bertz CT molecular complexity index is 2660. The summed E-state index contributed by atoms with van der Waals surface area (Å²) < 4.78 is 8.88. The number of primary amides is 1. The van der Waals surface area contributed by atoms with Crippen molar-refractivity contribution in [2.24, 2.45) is 22.5 Å². The van der Waals surface area contributed by atoms with Crippen LogP contribution in [0.1, 0.15) is 81.0 Å². The number of rotatable bonds is 10. The normalized spacial score (nSPS) is 21.1. The molecule has 3 fully saturated rings. The van der Waals surface area contributed by atoms with Crippen molar-refractivity contribution in [3.63, 3.8) is 0 Å². The summed E-state index contributed by atoms with van der Waals surface area (Å²) in [5.74, 6) is -1.22. The number of carbonyl (C=O) groups is 4. The summed E-state index contributed by atoms with van der Waals surface area (Å²) in [6.45, 7) is 9.16. The van der Waals surface area contributed by atoms with Crippen molar-refractivity contribution >= 4 is 51.8 Å². The van der Waals surface area contributed by atoms with Gasteiger partial charge in [-0.1, -0.05) is 49.7 Å². The molecule has 0 bridgehead atoms. The Kier molecular flexibility index (Phi) is 10.6. The standard InChI is InChI=1S/C43H44ClN11O6/c1-42(2)40(43(3,4)41(42)61-30-11-7-26(21-45)32(44)20-30)47-37(58)25-5-8-28(9-6-25)54-23-27(48-50-54)22-53-35(56)14-13-34(39(53)60)55-38(59)31-19-29(10-12-33(31)49-51-55)52-17-15-24(16-18-52)36(46)57/h5-12,19-20,23-24,34,40-41H,13-18,22H2,1-4H3,(H2,46,57)(H,47,58). The summed E-state index contributed by atoms with van der Waals surface area (Å²) in [5.41, 5.74) is 7.00. The molecule has 18 heteroatoms. The highest BCUT2D eigenvalue weighted by atomic mass is 35.5. The van der Waals surface area contributed by atoms with Gasteiger partial charge in [-0.2, -0.15) is 9.94 Å². The van der Waals surface area contributed by atoms with Crippen molar-refractivity contribution < 1.29 is 23.9 Å². The molecular formula is C43H44ClN11O6. The van der Waals surface area contributed by atoms with Crippen LogP contribution in [0.15, 0.2) is 71.7 Å². The van der Waals surface area contributed by atoms with Crippen molar-refractivity contribution in [1.82, 2.24) is 40.2 Å². The van der Waals surface area contributed by atoms with Gasteiger partial charge in [0.2, 0.25) is 11.8 Å². The van der Waals surface area contributed by atoms with Crippen molar-refractivity contribution in [3.8, 4) is 17.5 Å². The fraction of sp³-hybridized carbons (Fsp3) is 0.395. The second-order valence-electron chi connectivity index (χ2n) is 17.1. The maximum absolute atomic E-state index is 13.8. The number of halogens is 1. The van der Waals surface area contributed by atoms with Crippen LogP contribution < -0.4 is 26.2 Å². The van der Waals surface area contributed by atoms with Crippen molar-refractivity contribution in [3.05, 3.63) is 99.1 Å². The van der Waals surface area contributed by atoms with E-state index in [0.29, 0.717) is 64.7 Å². The fourth-order valence-corrected chi connectivity index (χ4v) is 9.53. The first-order chi connectivity index (χ1) is 29.1. The molecular weight excluding hydrogens is 802 g/mol. The van der Waals surface area contributed by atoms with Gasteiger partial charge in [0.25, 0.3) is 17.4 Å². The predicted octanol–water partition coefficient (Wildman–Crippen LogP) is 4.10. The van der Waals surface area contributed by atoms with Crippen molar-refractivity contribution in [2.45, 2.75) is 78.1 Å². The SMILES string of the molecule is CC1(C)C(NC(=O)c2ccc(-n3cc(CN4C(=O)CCC(n5nnc6ccc(N7CCC(C(N)=O)CC7)cc6c5=O)C4=O)nn3)cc2)C(C)(C)C1Oc1ccc(C#N)c(Cl)c1. The first-order valence-electron chi connectivity index (χ1n) is 20.0. The minimum absolute atomic E-state index is 0.00395. The van der Waals surface area contributed by atoms with Gasteiger partial charge in [-0.25, -0.2) is 4.68 Å². The first-order valence-corrected chi connectivity index (χ1v) is 20.4. The number of nitriles is 1. The fourth-order valence-electron chi connectivity index (χ4n) is 9.31. The molecule has 5 aromatic rings. The van der Waals surface area contributed by atoms with E-state index in [-0.39, 0.29) is 54.7 Å². The Hall–Kier alpha value is -6.67. The zero-order valence-electron chi connectivity index (χ0n) is 34.0. The summed E-state index contributed by atoms with van der Waals surface area (Å²) in [5, 5.41) is 29.7. The Morgan fingerprint density at radius 2 is 1.64 bits per heavy atom. The minimum Gasteiger partial charge on any atom is -0.489 e. The van der Waals surface area contributed by atoms with Crippen LogP contribution in [0.5, 0.6) is 5.75 Å². The number of fused-ring (bicyclic) bond motifs is 1. The third-order valence-electron chi connectivity index (χ3n) is 12.4. The van der Waals surface area contributed by atoms with Crippen LogP contribution in [0.3, 0.4) is 0 Å². The molecule has 1 unspecified atom stereocenters. The molecule has 0 spiro atoms. The highest BCUT2D eigenvalue weighted by molar-refractivity contribution is 6.31. The number of hydrogen-bond donors (Lipinski definition) is 2. The van der Waals surface area contributed by atoms with Gasteiger partial charge in [0.05, 0.1) is 34.4 Å². The number of nitrogens with two attached hydrogens (primary N) is 1. The van der Waals surface area contributed by atoms with E-state index < -0.39 is 34.2 Å². The quantitative estimate of drug-likeness (QED) is 0.190. The van der Waals surface area contributed by atoms with Gasteiger partial charge in [0, 0.05) is 59.6 Å². The summed E-state index contributed by atoms with van der Waals surface area (Å²) >= 11 is 6.24. The second kappa shape index (κ2) is 15.7. The molecule has 4 amide bonds. The van der Waals surface area contributed by atoms with Gasteiger partial charge in [-0.15, -0.1) is 10.2 Å². The molecule has 1 aliphatic carbocycles. The van der Waals surface area contributed by atoms with Gasteiger partial charge in [-0.3, -0.25) is 28.9 Å². The molecule has 1 atom stereocenters. The first kappa shape index (κ1) is 41.1. The van der Waals surface area contributed by atoms with E-state index in [9.17, 15) is 29.2 Å². The van der Waals surface area contributed by atoms with E-state index in [1.54, 1.807) is 60.8 Å². The number of carbonyl (C=O) groups excluding carboxylic acids is 4. The van der Waals surface area contributed by atoms with Crippen LogP contribution in [0.4, 0.5) is 5.69 Å². The van der Waals surface area contributed by atoms with Crippen LogP contribution in [0.25, 0.3) is 16.6 Å². The van der Waals surface area contributed by atoms with E-state index in [2.05, 4.69) is 30.8 Å². The maximum atomic E-state index is 13.8. The molecule has 8 rings (SSSR count). The molecule has 0 radical (unpaired) electrons. The number of anilines is 1. The third kappa shape index (κ3) is 7.56. The number of nitrogens with zero attached hydrogens (tertiary/aromatic N) is 9. The molecule has 1 saturated carbocycles. The van der Waals surface area contributed by atoms with E-state index >= 15 is 0 Å². The molecule has 4 heterocycles. The topological polar surface area (TPSA) is 224 Å². The van der Waals surface area contributed by atoms with Crippen LogP contribution in [0, 0.1) is 28.1 Å². The molecule has 3 N–H and O–H groups in total. The van der Waals surface area contributed by atoms with Crippen LogP contribution in [0.2, 0.25) is 5.02 Å². The highest BCUT2D eigenvalue weighted by Crippen LogP contribution is 2.55. The molecule has 3 aromatic carbocycles. The number of imide groups is 1. The molecule has 2 saturated heterocycles. The largest absolute Gasteiger partial charge is 0.489 e. The second-order valence-corrected chi connectivity index (χ2v) is 17.5. The number of ether oxygens (including phenoxy) is 1. The van der Waals surface area contributed by atoms with E-state index in [1.807, 2.05) is 39.8 Å². The van der Waals surface area contributed by atoms with Gasteiger partial charge in [-0.05, 0) is 73.9 Å². The Labute approximate surface area is 355 Å². The van der Waals surface area contributed by atoms with Crippen molar-refractivity contribution in [2.75, 3.05) is 18.0 Å². The molecule has 17 nitrogen and oxygen atoms in total. The molecule has 61 heavy (non-hydrogen) atoms. The molecule has 3 aliphatic rings. The lowest BCUT2D eigenvalue weighted by Gasteiger charge is -2.63. The van der Waals surface area contributed by atoms with Gasteiger partial charge < -0.3 is 20.7 Å². The summed E-state index contributed by atoms with van der Waals surface area (Å²) in [6, 6.07) is 17.8. The zero-order valence-corrected chi connectivity index (χ0v) is 34.8. The molecule has 2 aromatic heterocycles. The Balaban J connectivity index is 0.913. The molecule has 314 valence electrons. The Morgan fingerprint density at radius 3 is 2.31 bits per heavy atom. The lowest BCUT2D eigenvalue weighted by atomic mass is 9.49. The summed E-state index contributed by atoms with van der Waals surface area (Å²) in [7, 11) is 0. The minimum atomic E-state index is -1.05. The number of aromatic nitrogens is 6. The number of likely N-dealkylation sites (tertiary alicyclic amines) is 1. The van der Waals surface area contributed by atoms with E-state index in [1.165, 1.54) is 4.68 Å². The summed E-state index contributed by atoms with van der Waals surface area (Å²) in [6.07, 6.45) is 2.65. The Morgan fingerprint density at radius 1 is 0.934 bits per heavy atom. The highest BCUT2D eigenvalue weighted by Gasteiger charge is 2.64. The van der Waals surface area contributed by atoms with Crippen LogP contribution in [-0.2, 0) is 20.9 Å². The third-order valence-corrected chi connectivity index (χ3v) is 12.7. The van der Waals surface area contributed by atoms with Gasteiger partial charge in [0.1, 0.15) is 35.2 Å². The average Bonchev–Trinajstić information content (AvgIpc) is 3.72. The number of nitrogens with one attached hydrogen (secondary N) is 1. The van der Waals surface area contributed by atoms with Gasteiger partial charge >= 0.3 is 0 Å². The lowest BCUT2D eigenvalue weighted by Crippen LogP contribution is -2.74. The number of piperidine rings is 2. The number of benzene rings is 3. The molecule has 2 aliphatic heterocycles.